The Labute approximate surface area is 165 Å². The van der Waals surface area contributed by atoms with E-state index >= 15 is 0 Å². The number of rotatable bonds is 8. The molecule has 1 aromatic heterocycles. The van der Waals surface area contributed by atoms with Crippen LogP contribution in [0.15, 0.2) is 24.4 Å². The summed E-state index contributed by atoms with van der Waals surface area (Å²) in [6, 6.07) is 6.04. The molecule has 0 fully saturated rings. The number of hydrogen-bond acceptors (Lipinski definition) is 4. The summed E-state index contributed by atoms with van der Waals surface area (Å²) in [5.41, 5.74) is 1.03. The van der Waals surface area contributed by atoms with Gasteiger partial charge in [0.15, 0.2) is 8.32 Å². The molecule has 3 atom stereocenters. The first-order valence-corrected chi connectivity index (χ1v) is 13.5. The van der Waals surface area contributed by atoms with Gasteiger partial charge in [0, 0.05) is 35.8 Å². The number of hydrogen-bond donors (Lipinski definition) is 1. The maximum atomic E-state index is 12.5. The van der Waals surface area contributed by atoms with Gasteiger partial charge in [-0.3, -0.25) is 4.98 Å². The highest BCUT2D eigenvalue weighted by Crippen LogP contribution is 2.37. The number of aromatic nitrogens is 1. The predicted molar refractivity (Wildman–Crippen MR) is 115 cm³/mol. The minimum atomic E-state index is -1.77. The second-order valence-electron chi connectivity index (χ2n) is 9.55. The first kappa shape index (κ1) is 23.6. The van der Waals surface area contributed by atoms with Gasteiger partial charge in [-0.2, -0.15) is 0 Å². The first-order chi connectivity index (χ1) is 11.8. The molecule has 0 saturated carbocycles. The van der Waals surface area contributed by atoms with Crippen LogP contribution in [0.25, 0.3) is 0 Å². The molecule has 0 amide bonds. The van der Waals surface area contributed by atoms with Gasteiger partial charge < -0.3 is 8.98 Å². The molecule has 1 rings (SSSR count). The SMILES string of the molecule is C[C@@H](N[S+]([O-])C(C)(C)C)[C@H](CCO[Si](C)(C)C(C)(C)C)c1ccccn1. The van der Waals surface area contributed by atoms with Gasteiger partial charge in [0.2, 0.25) is 0 Å². The van der Waals surface area contributed by atoms with E-state index in [1.807, 2.05) is 39.1 Å². The summed E-state index contributed by atoms with van der Waals surface area (Å²) in [4.78, 5) is 4.55. The topological polar surface area (TPSA) is 57.2 Å². The first-order valence-electron chi connectivity index (χ1n) is 9.48. The summed E-state index contributed by atoms with van der Waals surface area (Å²) in [5.74, 6) is 0.160. The molecule has 150 valence electrons. The number of pyridine rings is 1. The lowest BCUT2D eigenvalue weighted by atomic mass is 9.94. The van der Waals surface area contributed by atoms with E-state index in [0.717, 1.165) is 12.1 Å². The van der Waals surface area contributed by atoms with E-state index in [2.05, 4.69) is 56.6 Å². The summed E-state index contributed by atoms with van der Waals surface area (Å²) < 4.78 is 21.9. The van der Waals surface area contributed by atoms with Crippen molar-refractivity contribution in [2.24, 2.45) is 0 Å². The number of nitrogens with one attached hydrogen (secondary N) is 1. The molecule has 1 aromatic rings. The van der Waals surface area contributed by atoms with E-state index in [4.69, 9.17) is 4.43 Å². The molecule has 0 aliphatic heterocycles. The van der Waals surface area contributed by atoms with Gasteiger partial charge in [0.05, 0.1) is 6.04 Å². The van der Waals surface area contributed by atoms with Crippen molar-refractivity contribution in [2.75, 3.05) is 6.61 Å². The van der Waals surface area contributed by atoms with Gasteiger partial charge in [-0.05, 0) is 64.4 Å². The molecule has 4 nitrogen and oxygen atoms in total. The van der Waals surface area contributed by atoms with Crippen molar-refractivity contribution in [1.29, 1.82) is 0 Å². The van der Waals surface area contributed by atoms with Crippen LogP contribution in [0.1, 0.15) is 66.5 Å². The number of nitrogens with zero attached hydrogens (tertiary/aromatic N) is 1. The molecule has 26 heavy (non-hydrogen) atoms. The molecule has 0 radical (unpaired) electrons. The van der Waals surface area contributed by atoms with Crippen LogP contribution in [0.5, 0.6) is 0 Å². The molecule has 1 unspecified atom stereocenters. The van der Waals surface area contributed by atoms with Crippen molar-refractivity contribution in [3.05, 3.63) is 30.1 Å². The van der Waals surface area contributed by atoms with Crippen molar-refractivity contribution < 1.29 is 8.98 Å². The van der Waals surface area contributed by atoms with Crippen LogP contribution in [0.4, 0.5) is 0 Å². The van der Waals surface area contributed by atoms with E-state index in [1.165, 1.54) is 0 Å². The molecular weight excluding hydrogens is 360 g/mol. The average molecular weight is 399 g/mol. The average Bonchev–Trinajstić information content (AvgIpc) is 2.50. The molecule has 0 aliphatic rings. The maximum Gasteiger partial charge on any atom is 0.191 e. The van der Waals surface area contributed by atoms with Gasteiger partial charge in [0.25, 0.3) is 0 Å². The zero-order valence-electron chi connectivity index (χ0n) is 18.1. The van der Waals surface area contributed by atoms with Gasteiger partial charge >= 0.3 is 0 Å². The van der Waals surface area contributed by atoms with Crippen LogP contribution < -0.4 is 4.72 Å². The fraction of sp³-hybridized carbons (Fsp3) is 0.750. The fourth-order valence-electron chi connectivity index (χ4n) is 2.33. The Morgan fingerprint density at radius 2 is 1.81 bits per heavy atom. The Hall–Kier alpha value is -0.403. The van der Waals surface area contributed by atoms with Gasteiger partial charge in [0.1, 0.15) is 4.75 Å². The molecule has 1 heterocycles. The highest BCUT2D eigenvalue weighted by atomic mass is 32.2. The lowest BCUT2D eigenvalue weighted by Crippen LogP contribution is -2.46. The quantitative estimate of drug-likeness (QED) is 0.493. The second-order valence-corrected chi connectivity index (χ2v) is 16.4. The molecule has 1 N–H and O–H groups in total. The minimum Gasteiger partial charge on any atom is -0.598 e. The molecule has 0 saturated heterocycles. The van der Waals surface area contributed by atoms with Crippen LogP contribution >= 0.6 is 0 Å². The summed E-state index contributed by atoms with van der Waals surface area (Å²) in [6.07, 6.45) is 2.68. The molecule has 0 aliphatic carbocycles. The van der Waals surface area contributed by atoms with E-state index < -0.39 is 19.7 Å². The van der Waals surface area contributed by atoms with Crippen molar-refractivity contribution in [3.63, 3.8) is 0 Å². The Morgan fingerprint density at radius 3 is 2.27 bits per heavy atom. The third-order valence-electron chi connectivity index (χ3n) is 5.22. The zero-order valence-corrected chi connectivity index (χ0v) is 19.9. The van der Waals surface area contributed by atoms with Crippen LogP contribution in [-0.4, -0.2) is 35.2 Å². The van der Waals surface area contributed by atoms with Crippen molar-refractivity contribution >= 4 is 19.7 Å². The molecule has 0 bridgehead atoms. The van der Waals surface area contributed by atoms with Gasteiger partial charge in [-0.15, -0.1) is 4.72 Å². The Balaban J connectivity index is 2.84. The lowest BCUT2D eigenvalue weighted by Gasteiger charge is -2.37. The van der Waals surface area contributed by atoms with Gasteiger partial charge in [-0.1, -0.05) is 26.8 Å². The van der Waals surface area contributed by atoms with Crippen molar-refractivity contribution in [3.8, 4) is 0 Å². The van der Waals surface area contributed by atoms with Crippen molar-refractivity contribution in [1.82, 2.24) is 9.71 Å². The molecular formula is C20H38N2O2SSi. The Kier molecular flexibility index (Phi) is 8.36. The highest BCUT2D eigenvalue weighted by molar-refractivity contribution is 7.90. The maximum absolute atomic E-state index is 12.5. The zero-order chi connectivity index (χ0) is 20.2. The monoisotopic (exact) mass is 398 g/mol. The van der Waals surface area contributed by atoms with Crippen molar-refractivity contribution in [2.45, 2.75) is 89.7 Å². The summed E-state index contributed by atoms with van der Waals surface area (Å²) in [5, 5.41) is 0.199. The highest BCUT2D eigenvalue weighted by Gasteiger charge is 2.37. The van der Waals surface area contributed by atoms with Crippen LogP contribution in [-0.2, 0) is 15.8 Å². The summed E-state index contributed by atoms with van der Waals surface area (Å²) in [7, 11) is -1.77. The molecule has 6 heteroatoms. The van der Waals surface area contributed by atoms with Crippen LogP contribution in [0.3, 0.4) is 0 Å². The minimum absolute atomic E-state index is 0.0490. The summed E-state index contributed by atoms with van der Waals surface area (Å²) in [6.45, 7) is 20.1. The smallest absolute Gasteiger partial charge is 0.191 e. The Morgan fingerprint density at radius 1 is 1.19 bits per heavy atom. The Bertz CT molecular complexity index is 541. The fourth-order valence-corrected chi connectivity index (χ4v) is 4.25. The third-order valence-corrected chi connectivity index (χ3v) is 11.5. The molecule has 0 spiro atoms. The summed E-state index contributed by atoms with van der Waals surface area (Å²) >= 11 is -1.11. The van der Waals surface area contributed by atoms with E-state index in [9.17, 15) is 4.55 Å². The standard InChI is InChI=1S/C20H38N2O2SSi/c1-16(22-25(23)19(2,3)4)17(18-12-10-11-14-21-18)13-15-24-26(8,9)20(5,6)7/h10-12,14,16-17,22H,13,15H2,1-9H3/t16-,17+,25?/m1/s1. The lowest BCUT2D eigenvalue weighted by molar-refractivity contribution is 0.262. The van der Waals surface area contributed by atoms with Crippen LogP contribution in [0, 0.1) is 0 Å². The van der Waals surface area contributed by atoms with E-state index in [-0.39, 0.29) is 21.7 Å². The molecule has 0 aromatic carbocycles. The van der Waals surface area contributed by atoms with E-state index in [0.29, 0.717) is 6.61 Å². The predicted octanol–water partition coefficient (Wildman–Crippen LogP) is 5.02. The third kappa shape index (κ3) is 6.96. The largest absolute Gasteiger partial charge is 0.598 e. The van der Waals surface area contributed by atoms with E-state index in [1.54, 1.807) is 0 Å². The second kappa shape index (κ2) is 9.19. The van der Waals surface area contributed by atoms with Gasteiger partial charge in [-0.25, -0.2) is 0 Å². The normalized spacial score (nSPS) is 17.0. The van der Waals surface area contributed by atoms with Crippen LogP contribution in [0.2, 0.25) is 18.1 Å².